The quantitative estimate of drug-likeness (QED) is 0.118. The zero-order valence-corrected chi connectivity index (χ0v) is 31.0. The lowest BCUT2D eigenvalue weighted by Crippen LogP contribution is -2.60. The van der Waals surface area contributed by atoms with E-state index in [0.717, 1.165) is 24.8 Å². The number of likely N-dealkylation sites (tertiary alicyclic amines) is 1. The monoisotopic (exact) mass is 713 g/mol. The van der Waals surface area contributed by atoms with Crippen LogP contribution in [-0.4, -0.2) is 87.4 Å². The number of carbonyl (C=O) groups excluding carboxylic acids is 5. The van der Waals surface area contributed by atoms with Gasteiger partial charge in [-0.15, -0.1) is 0 Å². The Kier molecular flexibility index (Phi) is 15.9. The number of hydrogen-bond acceptors (Lipinski definition) is 7. The number of aliphatic hydroxyl groups is 1. The predicted octanol–water partition coefficient (Wildman–Crippen LogP) is 3.06. The Bertz CT molecular complexity index is 1350. The molecular weight excluding hydrogens is 654 g/mol. The molecule has 0 bridgehead atoms. The summed E-state index contributed by atoms with van der Waals surface area (Å²) in [5, 5.41) is 31.4. The molecule has 13 heteroatoms. The van der Waals surface area contributed by atoms with Crippen molar-refractivity contribution in [2.45, 2.75) is 136 Å². The molecule has 8 atom stereocenters. The van der Waals surface area contributed by atoms with Gasteiger partial charge in [0.05, 0.1) is 12.1 Å². The maximum atomic E-state index is 14.3. The average molecular weight is 714 g/mol. The minimum Gasteiger partial charge on any atom is -0.481 e. The van der Waals surface area contributed by atoms with Gasteiger partial charge in [0.15, 0.2) is 6.10 Å². The van der Waals surface area contributed by atoms with Crippen LogP contribution in [0.2, 0.25) is 0 Å². The summed E-state index contributed by atoms with van der Waals surface area (Å²) >= 11 is 0. The molecule has 2 fully saturated rings. The van der Waals surface area contributed by atoms with Crippen molar-refractivity contribution in [1.82, 2.24) is 26.2 Å². The third-order valence-electron chi connectivity index (χ3n) is 10.2. The molecule has 1 aliphatic carbocycles. The van der Waals surface area contributed by atoms with Crippen molar-refractivity contribution in [3.05, 3.63) is 35.9 Å². The SMILES string of the molecule is CCCC(NC(=O)[C@@H]1[C@H]2CCC[C@H]2CN1C(=O)[C@@H](NC(=O)[C@@H](NC(=O)CCCCC(=O)O)C(C)C)C(C)C)C(O)C(=O)N[C@@H](C)c1ccccc1. The Labute approximate surface area is 302 Å². The Hall–Kier alpha value is -4.00. The van der Waals surface area contributed by atoms with E-state index in [-0.39, 0.29) is 48.5 Å². The van der Waals surface area contributed by atoms with Crippen LogP contribution in [0.4, 0.5) is 0 Å². The number of aliphatic carboxylic acids is 1. The fourth-order valence-electron chi connectivity index (χ4n) is 7.34. The van der Waals surface area contributed by atoms with Crippen LogP contribution in [-0.2, 0) is 28.8 Å². The summed E-state index contributed by atoms with van der Waals surface area (Å²) in [5.41, 5.74) is 0.878. The van der Waals surface area contributed by atoms with Gasteiger partial charge in [0, 0.05) is 19.4 Å². The fraction of sp³-hybridized carbons (Fsp3) is 0.684. The lowest BCUT2D eigenvalue weighted by atomic mass is 9.92. The highest BCUT2D eigenvalue weighted by Crippen LogP contribution is 2.42. The number of benzene rings is 1. The van der Waals surface area contributed by atoms with E-state index in [1.54, 1.807) is 18.7 Å². The maximum absolute atomic E-state index is 14.3. The van der Waals surface area contributed by atoms with Gasteiger partial charge >= 0.3 is 5.97 Å². The molecule has 284 valence electrons. The molecule has 1 saturated carbocycles. The van der Waals surface area contributed by atoms with E-state index in [4.69, 9.17) is 5.11 Å². The molecular formula is C38H59N5O8. The third-order valence-corrected chi connectivity index (χ3v) is 10.2. The standard InChI is InChI=1S/C38H59N5O8/c1-7-14-28(34(47)37(50)39-24(6)25-15-9-8-10-16-25)40-36(49)33-27-18-13-17-26(27)21-43(33)38(51)32(23(4)5)42-35(48)31(22(2)3)41-29(44)19-11-12-20-30(45)46/h8-10,15-16,22-24,26-28,31-34,47H,7,11-14,17-21H2,1-6H3,(H,39,50)(H,40,49)(H,41,44)(H,42,48)(H,45,46)/t24-,26-,27-,28?,31-,32-,33-,34?/m0/s1. The van der Waals surface area contributed by atoms with Gasteiger partial charge in [-0.25, -0.2) is 0 Å². The molecule has 1 aromatic carbocycles. The van der Waals surface area contributed by atoms with E-state index in [1.807, 2.05) is 58.0 Å². The van der Waals surface area contributed by atoms with E-state index in [1.165, 1.54) is 0 Å². The summed E-state index contributed by atoms with van der Waals surface area (Å²) in [6, 6.07) is 5.42. The van der Waals surface area contributed by atoms with E-state index in [9.17, 15) is 33.9 Å². The summed E-state index contributed by atoms with van der Waals surface area (Å²) in [5.74, 6) is -3.86. The molecule has 1 aliphatic heterocycles. The summed E-state index contributed by atoms with van der Waals surface area (Å²) in [4.78, 5) is 80.2. The molecule has 51 heavy (non-hydrogen) atoms. The average Bonchev–Trinajstić information content (AvgIpc) is 3.69. The third kappa shape index (κ3) is 11.5. The number of carboxylic acid groups (broad SMARTS) is 1. The second kappa shape index (κ2) is 19.6. The number of fused-ring (bicyclic) bond motifs is 1. The molecule has 0 spiro atoms. The summed E-state index contributed by atoms with van der Waals surface area (Å²) in [7, 11) is 0. The molecule has 0 aromatic heterocycles. The van der Waals surface area contributed by atoms with Gasteiger partial charge in [-0.2, -0.15) is 0 Å². The van der Waals surface area contributed by atoms with E-state index in [2.05, 4.69) is 21.3 Å². The van der Waals surface area contributed by atoms with Crippen LogP contribution in [0.15, 0.2) is 30.3 Å². The topological polar surface area (TPSA) is 194 Å². The predicted molar refractivity (Wildman–Crippen MR) is 192 cm³/mol. The number of hydrogen-bond donors (Lipinski definition) is 6. The Balaban J connectivity index is 1.74. The zero-order chi connectivity index (χ0) is 37.8. The number of rotatable bonds is 19. The van der Waals surface area contributed by atoms with Crippen molar-refractivity contribution in [3.63, 3.8) is 0 Å². The van der Waals surface area contributed by atoms with Gasteiger partial charge in [-0.3, -0.25) is 28.8 Å². The highest BCUT2D eigenvalue weighted by molar-refractivity contribution is 5.95. The number of carbonyl (C=O) groups is 6. The number of aliphatic hydroxyl groups excluding tert-OH is 1. The number of nitrogens with zero attached hydrogens (tertiary/aromatic N) is 1. The van der Waals surface area contributed by atoms with Gasteiger partial charge in [0.1, 0.15) is 18.1 Å². The number of unbranched alkanes of at least 4 members (excludes halogenated alkanes) is 1. The molecule has 1 heterocycles. The first-order valence-corrected chi connectivity index (χ1v) is 18.6. The number of carboxylic acids is 1. The summed E-state index contributed by atoms with van der Waals surface area (Å²) < 4.78 is 0. The van der Waals surface area contributed by atoms with Crippen molar-refractivity contribution in [2.24, 2.45) is 23.7 Å². The van der Waals surface area contributed by atoms with Crippen molar-refractivity contribution in [2.75, 3.05) is 6.54 Å². The lowest BCUT2D eigenvalue weighted by Gasteiger charge is -2.34. The lowest BCUT2D eigenvalue weighted by molar-refractivity contribution is -0.144. The molecule has 1 aromatic rings. The molecule has 3 rings (SSSR count). The first-order valence-electron chi connectivity index (χ1n) is 18.6. The molecule has 2 unspecified atom stereocenters. The second-order valence-electron chi connectivity index (χ2n) is 14.9. The largest absolute Gasteiger partial charge is 0.481 e. The highest BCUT2D eigenvalue weighted by atomic mass is 16.4. The fourth-order valence-corrected chi connectivity index (χ4v) is 7.34. The van der Waals surface area contributed by atoms with Crippen molar-refractivity contribution in [3.8, 4) is 0 Å². The molecule has 1 saturated heterocycles. The molecule has 2 aliphatic rings. The normalized spacial score (nSPS) is 21.3. The Morgan fingerprint density at radius 1 is 0.824 bits per heavy atom. The van der Waals surface area contributed by atoms with Crippen LogP contribution in [0.5, 0.6) is 0 Å². The van der Waals surface area contributed by atoms with Crippen LogP contribution >= 0.6 is 0 Å². The van der Waals surface area contributed by atoms with E-state index >= 15 is 0 Å². The molecule has 13 nitrogen and oxygen atoms in total. The van der Waals surface area contributed by atoms with Gasteiger partial charge in [0.25, 0.3) is 5.91 Å². The minimum atomic E-state index is -1.51. The van der Waals surface area contributed by atoms with Crippen LogP contribution in [0.25, 0.3) is 0 Å². The molecule has 6 N–H and O–H groups in total. The van der Waals surface area contributed by atoms with Crippen LogP contribution in [0.1, 0.15) is 111 Å². The minimum absolute atomic E-state index is 0.0417. The van der Waals surface area contributed by atoms with Gasteiger partial charge in [-0.05, 0) is 68.3 Å². The first-order chi connectivity index (χ1) is 24.2. The van der Waals surface area contributed by atoms with E-state index < -0.39 is 59.9 Å². The van der Waals surface area contributed by atoms with Crippen molar-refractivity contribution < 1.29 is 39.0 Å². The maximum Gasteiger partial charge on any atom is 0.303 e. The van der Waals surface area contributed by atoms with E-state index in [0.29, 0.717) is 32.2 Å². The smallest absolute Gasteiger partial charge is 0.303 e. The van der Waals surface area contributed by atoms with Crippen LogP contribution in [0, 0.1) is 23.7 Å². The first kappa shape index (κ1) is 41.4. The highest BCUT2D eigenvalue weighted by Gasteiger charge is 2.51. The van der Waals surface area contributed by atoms with Gasteiger partial charge in [-0.1, -0.05) is 77.8 Å². The van der Waals surface area contributed by atoms with Gasteiger partial charge in [0.2, 0.25) is 23.6 Å². The second-order valence-corrected chi connectivity index (χ2v) is 14.9. The number of nitrogens with one attached hydrogen (secondary N) is 4. The molecule has 5 amide bonds. The Morgan fingerprint density at radius 2 is 1.47 bits per heavy atom. The zero-order valence-electron chi connectivity index (χ0n) is 31.0. The van der Waals surface area contributed by atoms with Crippen molar-refractivity contribution >= 4 is 35.5 Å². The van der Waals surface area contributed by atoms with Gasteiger partial charge < -0.3 is 36.4 Å². The summed E-state index contributed by atoms with van der Waals surface area (Å²) in [6.45, 7) is 11.3. The Morgan fingerprint density at radius 3 is 2.08 bits per heavy atom. The number of amides is 5. The van der Waals surface area contributed by atoms with Crippen LogP contribution < -0.4 is 21.3 Å². The van der Waals surface area contributed by atoms with Crippen LogP contribution in [0.3, 0.4) is 0 Å². The summed E-state index contributed by atoms with van der Waals surface area (Å²) in [6.07, 6.45) is 2.74. The molecule has 0 radical (unpaired) electrons. The van der Waals surface area contributed by atoms with Crippen molar-refractivity contribution in [1.29, 1.82) is 0 Å².